The summed E-state index contributed by atoms with van der Waals surface area (Å²) in [5.41, 5.74) is 2.43. The minimum absolute atomic E-state index is 0.642. The highest BCUT2D eigenvalue weighted by molar-refractivity contribution is 5.51. The average Bonchev–Trinajstić information content (AvgIpc) is 2.41. The summed E-state index contributed by atoms with van der Waals surface area (Å²) in [6.07, 6.45) is 0.921. The Morgan fingerprint density at radius 1 is 0.944 bits per heavy atom. The molecule has 0 saturated heterocycles. The standard InChI is InChI=1S/C14H23NO3/c1-16-9-7-13-5-3-4-6-14(13)15-8-10-18-12-11-17-2/h3-6,15H,7-12H2,1-2H3. The Bertz CT molecular complexity index is 318. The predicted octanol–water partition coefficient (Wildman–Crippen LogP) is 1.95. The van der Waals surface area contributed by atoms with E-state index in [2.05, 4.69) is 17.4 Å². The van der Waals surface area contributed by atoms with Gasteiger partial charge in [0.25, 0.3) is 0 Å². The van der Waals surface area contributed by atoms with Crippen LogP contribution < -0.4 is 5.32 Å². The molecule has 4 heteroatoms. The number of anilines is 1. The van der Waals surface area contributed by atoms with Crippen LogP contribution in [0.3, 0.4) is 0 Å². The highest BCUT2D eigenvalue weighted by atomic mass is 16.5. The van der Waals surface area contributed by atoms with Gasteiger partial charge in [0.15, 0.2) is 0 Å². The second-order valence-corrected chi connectivity index (χ2v) is 3.93. The van der Waals surface area contributed by atoms with Gasteiger partial charge in [-0.2, -0.15) is 0 Å². The Kier molecular flexibility index (Phi) is 8.21. The first-order valence-electron chi connectivity index (χ1n) is 6.26. The van der Waals surface area contributed by atoms with Gasteiger partial charge in [0, 0.05) is 26.5 Å². The van der Waals surface area contributed by atoms with Gasteiger partial charge < -0.3 is 19.5 Å². The molecule has 0 unspecified atom stereocenters. The molecule has 0 spiro atoms. The van der Waals surface area contributed by atoms with Crippen LogP contribution in [0, 0.1) is 0 Å². The lowest BCUT2D eigenvalue weighted by Gasteiger charge is -2.12. The zero-order chi connectivity index (χ0) is 13.1. The molecule has 0 aliphatic heterocycles. The van der Waals surface area contributed by atoms with Crippen LogP contribution in [0.1, 0.15) is 5.56 Å². The number of benzene rings is 1. The Morgan fingerprint density at radius 2 is 1.72 bits per heavy atom. The van der Waals surface area contributed by atoms with Gasteiger partial charge in [-0.3, -0.25) is 0 Å². The molecule has 102 valence electrons. The molecule has 4 nitrogen and oxygen atoms in total. The largest absolute Gasteiger partial charge is 0.384 e. The van der Waals surface area contributed by atoms with Gasteiger partial charge in [-0.1, -0.05) is 18.2 Å². The number of rotatable bonds is 10. The number of hydrogen-bond acceptors (Lipinski definition) is 4. The van der Waals surface area contributed by atoms with Crippen LogP contribution >= 0.6 is 0 Å². The summed E-state index contributed by atoms with van der Waals surface area (Å²) in [4.78, 5) is 0. The molecule has 0 bridgehead atoms. The lowest BCUT2D eigenvalue weighted by atomic mass is 10.1. The normalized spacial score (nSPS) is 10.6. The Hall–Kier alpha value is -1.10. The molecule has 0 radical (unpaired) electrons. The van der Waals surface area contributed by atoms with Crippen LogP contribution in [0.25, 0.3) is 0 Å². The summed E-state index contributed by atoms with van der Waals surface area (Å²) in [6, 6.07) is 8.28. The molecule has 1 rings (SSSR count). The molecule has 0 atom stereocenters. The molecule has 0 fully saturated rings. The summed E-state index contributed by atoms with van der Waals surface area (Å²) in [6.45, 7) is 3.51. The van der Waals surface area contributed by atoms with Gasteiger partial charge in [-0.15, -0.1) is 0 Å². The number of ether oxygens (including phenoxy) is 3. The highest BCUT2D eigenvalue weighted by Crippen LogP contribution is 2.15. The molecule has 1 aromatic carbocycles. The van der Waals surface area contributed by atoms with Crippen molar-refractivity contribution in [2.75, 3.05) is 52.5 Å². The van der Waals surface area contributed by atoms with E-state index in [0.29, 0.717) is 19.8 Å². The second-order valence-electron chi connectivity index (χ2n) is 3.93. The maximum atomic E-state index is 5.40. The fraction of sp³-hybridized carbons (Fsp3) is 0.571. The van der Waals surface area contributed by atoms with E-state index in [4.69, 9.17) is 14.2 Å². The minimum Gasteiger partial charge on any atom is -0.384 e. The third kappa shape index (κ3) is 6.00. The van der Waals surface area contributed by atoms with Crippen molar-refractivity contribution in [2.24, 2.45) is 0 Å². The van der Waals surface area contributed by atoms with Gasteiger partial charge in [0.1, 0.15) is 0 Å². The lowest BCUT2D eigenvalue weighted by molar-refractivity contribution is 0.0759. The van der Waals surface area contributed by atoms with Crippen LogP contribution in [0.5, 0.6) is 0 Å². The second kappa shape index (κ2) is 9.88. The summed E-state index contributed by atoms with van der Waals surface area (Å²) >= 11 is 0. The van der Waals surface area contributed by atoms with Crippen molar-refractivity contribution in [2.45, 2.75) is 6.42 Å². The number of para-hydroxylation sites is 1. The van der Waals surface area contributed by atoms with Gasteiger partial charge in [0.2, 0.25) is 0 Å². The van der Waals surface area contributed by atoms with Crippen LogP contribution in [-0.2, 0) is 20.6 Å². The quantitative estimate of drug-likeness (QED) is 0.647. The fourth-order valence-electron chi connectivity index (χ4n) is 1.62. The van der Waals surface area contributed by atoms with E-state index in [1.807, 2.05) is 12.1 Å². The molecular formula is C14H23NO3. The van der Waals surface area contributed by atoms with Crippen LogP contribution in [0.2, 0.25) is 0 Å². The zero-order valence-electron chi connectivity index (χ0n) is 11.3. The van der Waals surface area contributed by atoms with Gasteiger partial charge in [-0.05, 0) is 18.1 Å². The highest BCUT2D eigenvalue weighted by Gasteiger charge is 2.00. The molecule has 0 aromatic heterocycles. The van der Waals surface area contributed by atoms with E-state index in [9.17, 15) is 0 Å². The zero-order valence-corrected chi connectivity index (χ0v) is 11.3. The molecule has 0 heterocycles. The van der Waals surface area contributed by atoms with E-state index in [1.165, 1.54) is 5.56 Å². The van der Waals surface area contributed by atoms with Gasteiger partial charge >= 0.3 is 0 Å². The number of nitrogens with one attached hydrogen (secondary N) is 1. The summed E-state index contributed by atoms with van der Waals surface area (Å²) in [5, 5.41) is 3.38. The molecule has 0 saturated carbocycles. The van der Waals surface area contributed by atoms with Crippen molar-refractivity contribution in [1.29, 1.82) is 0 Å². The minimum atomic E-state index is 0.642. The Morgan fingerprint density at radius 3 is 2.50 bits per heavy atom. The van der Waals surface area contributed by atoms with Crippen LogP contribution in [0.4, 0.5) is 5.69 Å². The van der Waals surface area contributed by atoms with Crippen molar-refractivity contribution >= 4 is 5.69 Å². The molecule has 0 aliphatic rings. The van der Waals surface area contributed by atoms with E-state index >= 15 is 0 Å². The SMILES string of the molecule is COCCOCCNc1ccccc1CCOC. The van der Waals surface area contributed by atoms with E-state index in [0.717, 1.165) is 25.3 Å². The summed E-state index contributed by atoms with van der Waals surface area (Å²) < 4.78 is 15.4. The van der Waals surface area contributed by atoms with Gasteiger partial charge in [0.05, 0.1) is 26.4 Å². The maximum absolute atomic E-state index is 5.40. The van der Waals surface area contributed by atoms with Crippen molar-refractivity contribution < 1.29 is 14.2 Å². The third-order valence-electron chi connectivity index (χ3n) is 2.59. The Balaban J connectivity index is 2.27. The van der Waals surface area contributed by atoms with Crippen molar-refractivity contribution in [1.82, 2.24) is 0 Å². The molecule has 0 amide bonds. The van der Waals surface area contributed by atoms with Crippen molar-refractivity contribution in [3.63, 3.8) is 0 Å². The van der Waals surface area contributed by atoms with E-state index in [1.54, 1.807) is 14.2 Å². The van der Waals surface area contributed by atoms with E-state index < -0.39 is 0 Å². The summed E-state index contributed by atoms with van der Waals surface area (Å²) in [5.74, 6) is 0. The third-order valence-corrected chi connectivity index (χ3v) is 2.59. The Labute approximate surface area is 109 Å². The molecule has 1 N–H and O–H groups in total. The molecule has 1 aromatic rings. The average molecular weight is 253 g/mol. The predicted molar refractivity (Wildman–Crippen MR) is 73.2 cm³/mol. The molecule has 0 aliphatic carbocycles. The van der Waals surface area contributed by atoms with Gasteiger partial charge in [-0.25, -0.2) is 0 Å². The molecule has 18 heavy (non-hydrogen) atoms. The van der Waals surface area contributed by atoms with Crippen LogP contribution in [0.15, 0.2) is 24.3 Å². The number of hydrogen-bond donors (Lipinski definition) is 1. The smallest absolute Gasteiger partial charge is 0.0701 e. The summed E-state index contributed by atoms with van der Waals surface area (Å²) in [7, 11) is 3.40. The van der Waals surface area contributed by atoms with Crippen molar-refractivity contribution in [3.05, 3.63) is 29.8 Å². The van der Waals surface area contributed by atoms with Crippen LogP contribution in [-0.4, -0.2) is 47.2 Å². The van der Waals surface area contributed by atoms with Crippen molar-refractivity contribution in [3.8, 4) is 0 Å². The maximum Gasteiger partial charge on any atom is 0.0701 e. The molecular weight excluding hydrogens is 230 g/mol. The number of methoxy groups -OCH3 is 2. The van der Waals surface area contributed by atoms with E-state index in [-0.39, 0.29) is 0 Å². The first-order chi connectivity index (χ1) is 8.88. The first-order valence-corrected chi connectivity index (χ1v) is 6.26. The monoisotopic (exact) mass is 253 g/mol. The fourth-order valence-corrected chi connectivity index (χ4v) is 1.62. The first kappa shape index (κ1) is 15.0. The topological polar surface area (TPSA) is 39.7 Å². The lowest BCUT2D eigenvalue weighted by Crippen LogP contribution is -2.13.